The van der Waals surface area contributed by atoms with Crippen molar-refractivity contribution in [2.45, 2.75) is 32.7 Å². The molecule has 9 heteroatoms. The number of amidine groups is 1. The Balaban J connectivity index is 1.67. The first-order valence-corrected chi connectivity index (χ1v) is 13.4. The molecule has 0 atom stereocenters. The zero-order valence-electron chi connectivity index (χ0n) is 23.5. The molecule has 0 aliphatic heterocycles. The molecular weight excluding hydrogens is 516 g/mol. The maximum Gasteiger partial charge on any atom is 0.320 e. The molecule has 3 aromatic carbocycles. The minimum atomic E-state index is -0.155. The maximum absolute atomic E-state index is 13.8. The Bertz CT molecular complexity index is 1610. The van der Waals surface area contributed by atoms with Crippen LogP contribution in [0.4, 0.5) is 5.95 Å². The van der Waals surface area contributed by atoms with E-state index in [4.69, 9.17) is 10.6 Å². The molecule has 1 aromatic heterocycles. The molecule has 0 bridgehead atoms. The molecule has 0 fully saturated rings. The number of nitrogens with two attached hydrogens (primary N) is 1. The second kappa shape index (κ2) is 13.8. The standard InChI is InChI=1S/C32H34N6O3/c1-4-10-28-27(31(40)38(32(33)36-28)20-29(34-2)24-11-6-5-7-12-24)19-22-15-17-23(18-16-22)25-13-8-9-14-26(25)30(35-3)37-41-21-39/h5-9,11-18,21H,4,10,19-20H2,1-3H3,(H2,33,36)(H,35,37). The topological polar surface area (TPSA) is 124 Å². The Hall–Kier alpha value is -5.05. The Kier molecular flexibility index (Phi) is 9.77. The molecule has 41 heavy (non-hydrogen) atoms. The second-order valence-corrected chi connectivity index (χ2v) is 9.38. The van der Waals surface area contributed by atoms with Crippen LogP contribution in [-0.2, 0) is 29.0 Å². The summed E-state index contributed by atoms with van der Waals surface area (Å²) < 4.78 is 1.51. The first-order chi connectivity index (χ1) is 20.0. The quantitative estimate of drug-likeness (QED) is 0.125. The third-order valence-corrected chi connectivity index (χ3v) is 6.80. The van der Waals surface area contributed by atoms with Crippen molar-refractivity contribution in [2.75, 3.05) is 19.8 Å². The molecule has 0 saturated heterocycles. The van der Waals surface area contributed by atoms with Gasteiger partial charge >= 0.3 is 6.47 Å². The SMILES string of the molecule is CCCc1nc(N)n(CC(=NC)c2ccccc2)c(=O)c1Cc1ccc(-c2ccccc2C(=NC)NOC=O)cc1. The van der Waals surface area contributed by atoms with Gasteiger partial charge in [-0.05, 0) is 28.7 Å². The van der Waals surface area contributed by atoms with Crippen LogP contribution >= 0.6 is 0 Å². The van der Waals surface area contributed by atoms with Crippen LogP contribution in [0.3, 0.4) is 0 Å². The molecule has 0 aliphatic rings. The van der Waals surface area contributed by atoms with Gasteiger partial charge in [-0.25, -0.2) is 10.5 Å². The number of hydrogen-bond acceptors (Lipinski definition) is 7. The van der Waals surface area contributed by atoms with Gasteiger partial charge in [0.25, 0.3) is 5.56 Å². The summed E-state index contributed by atoms with van der Waals surface area (Å²) in [5, 5.41) is 0. The number of nitrogen functional groups attached to an aromatic ring is 1. The van der Waals surface area contributed by atoms with Crippen molar-refractivity contribution in [1.29, 1.82) is 0 Å². The monoisotopic (exact) mass is 550 g/mol. The first kappa shape index (κ1) is 28.9. The van der Waals surface area contributed by atoms with E-state index in [1.54, 1.807) is 14.1 Å². The van der Waals surface area contributed by atoms with E-state index in [1.165, 1.54) is 4.57 Å². The third kappa shape index (κ3) is 6.75. The number of hydrogen-bond donors (Lipinski definition) is 2. The Labute approximate surface area is 239 Å². The number of anilines is 1. The molecule has 0 amide bonds. The van der Waals surface area contributed by atoms with Crippen molar-refractivity contribution in [2.24, 2.45) is 9.98 Å². The smallest absolute Gasteiger partial charge is 0.320 e. The lowest BCUT2D eigenvalue weighted by Gasteiger charge is -2.16. The summed E-state index contributed by atoms with van der Waals surface area (Å²) in [7, 11) is 3.33. The van der Waals surface area contributed by atoms with Gasteiger partial charge in [-0.15, -0.1) is 0 Å². The van der Waals surface area contributed by atoms with E-state index in [0.717, 1.165) is 45.6 Å². The highest BCUT2D eigenvalue weighted by atomic mass is 16.7. The lowest BCUT2D eigenvalue weighted by atomic mass is 9.96. The molecule has 0 unspecified atom stereocenters. The predicted molar refractivity (Wildman–Crippen MR) is 163 cm³/mol. The fourth-order valence-corrected chi connectivity index (χ4v) is 4.75. The summed E-state index contributed by atoms with van der Waals surface area (Å²) in [4.78, 5) is 42.5. The van der Waals surface area contributed by atoms with Crippen molar-refractivity contribution in [3.63, 3.8) is 0 Å². The fourth-order valence-electron chi connectivity index (χ4n) is 4.75. The predicted octanol–water partition coefficient (Wildman–Crippen LogP) is 4.21. The summed E-state index contributed by atoms with van der Waals surface area (Å²) in [5.74, 6) is 0.617. The van der Waals surface area contributed by atoms with Gasteiger partial charge in [0.2, 0.25) is 5.95 Å². The largest absolute Gasteiger partial charge is 0.369 e. The van der Waals surface area contributed by atoms with Gasteiger partial charge in [0.05, 0.1) is 18.0 Å². The molecule has 0 saturated carbocycles. The number of aryl methyl sites for hydroxylation is 1. The first-order valence-electron chi connectivity index (χ1n) is 13.4. The molecule has 3 N–H and O–H groups in total. The average molecular weight is 551 g/mol. The fraction of sp³-hybridized carbons (Fsp3) is 0.219. The normalized spacial score (nSPS) is 11.8. The molecule has 210 valence electrons. The van der Waals surface area contributed by atoms with Crippen molar-refractivity contribution in [3.8, 4) is 11.1 Å². The van der Waals surface area contributed by atoms with Crippen molar-refractivity contribution < 1.29 is 9.63 Å². The zero-order chi connectivity index (χ0) is 29.2. The van der Waals surface area contributed by atoms with E-state index in [0.29, 0.717) is 30.7 Å². The van der Waals surface area contributed by atoms with Crippen molar-refractivity contribution in [3.05, 3.63) is 117 Å². The highest BCUT2D eigenvalue weighted by Crippen LogP contribution is 2.25. The van der Waals surface area contributed by atoms with E-state index in [-0.39, 0.29) is 18.1 Å². The van der Waals surface area contributed by atoms with Gasteiger partial charge in [-0.2, -0.15) is 0 Å². The van der Waals surface area contributed by atoms with Crippen LogP contribution in [0.15, 0.2) is 93.6 Å². The highest BCUT2D eigenvalue weighted by molar-refractivity contribution is 6.04. The Morgan fingerprint density at radius 1 is 1.00 bits per heavy atom. The van der Waals surface area contributed by atoms with Gasteiger partial charge in [-0.3, -0.25) is 24.1 Å². The summed E-state index contributed by atoms with van der Waals surface area (Å²) >= 11 is 0. The maximum atomic E-state index is 13.8. The van der Waals surface area contributed by atoms with E-state index in [9.17, 15) is 9.59 Å². The van der Waals surface area contributed by atoms with E-state index in [1.807, 2.05) is 78.9 Å². The van der Waals surface area contributed by atoms with Crippen LogP contribution in [0.2, 0.25) is 0 Å². The van der Waals surface area contributed by atoms with Gasteiger partial charge in [-0.1, -0.05) is 92.2 Å². The van der Waals surface area contributed by atoms with E-state index < -0.39 is 0 Å². The number of nitrogens with one attached hydrogen (secondary N) is 1. The zero-order valence-corrected chi connectivity index (χ0v) is 23.5. The molecule has 0 spiro atoms. The van der Waals surface area contributed by atoms with Gasteiger partial charge in [0.15, 0.2) is 5.84 Å². The summed E-state index contributed by atoms with van der Waals surface area (Å²) in [5.41, 5.74) is 15.4. The lowest BCUT2D eigenvalue weighted by Crippen LogP contribution is -2.32. The average Bonchev–Trinajstić information content (AvgIpc) is 3.01. The minimum Gasteiger partial charge on any atom is -0.369 e. The number of carbonyl (C=O) groups excluding carboxylic acids is 1. The van der Waals surface area contributed by atoms with Crippen LogP contribution in [-0.4, -0.2) is 41.7 Å². The van der Waals surface area contributed by atoms with Crippen LogP contribution in [0, 0.1) is 0 Å². The molecule has 1 heterocycles. The van der Waals surface area contributed by atoms with Gasteiger partial charge in [0, 0.05) is 31.6 Å². The summed E-state index contributed by atoms with van der Waals surface area (Å²) in [6, 6.07) is 25.4. The third-order valence-electron chi connectivity index (χ3n) is 6.80. The van der Waals surface area contributed by atoms with Crippen molar-refractivity contribution in [1.82, 2.24) is 15.0 Å². The second-order valence-electron chi connectivity index (χ2n) is 9.38. The van der Waals surface area contributed by atoms with Crippen LogP contribution in [0.5, 0.6) is 0 Å². The Morgan fingerprint density at radius 2 is 1.71 bits per heavy atom. The van der Waals surface area contributed by atoms with E-state index >= 15 is 0 Å². The summed E-state index contributed by atoms with van der Waals surface area (Å²) in [6.45, 7) is 2.60. The van der Waals surface area contributed by atoms with Crippen LogP contribution in [0.1, 0.15) is 41.3 Å². The lowest BCUT2D eigenvalue weighted by molar-refractivity contribution is -0.132. The molecule has 0 radical (unpaired) electrons. The Morgan fingerprint density at radius 3 is 2.37 bits per heavy atom. The molecule has 4 rings (SSSR count). The minimum absolute atomic E-state index is 0.155. The number of carbonyl (C=O) groups is 1. The van der Waals surface area contributed by atoms with Gasteiger partial charge in [0.1, 0.15) is 0 Å². The number of aromatic nitrogens is 2. The number of rotatable bonds is 11. The molecule has 9 nitrogen and oxygen atoms in total. The number of aliphatic imine (C=N–C) groups is 2. The summed E-state index contributed by atoms with van der Waals surface area (Å²) in [6.07, 6.45) is 1.92. The number of benzene rings is 3. The molecule has 0 aliphatic carbocycles. The van der Waals surface area contributed by atoms with E-state index in [2.05, 4.69) is 27.4 Å². The van der Waals surface area contributed by atoms with Gasteiger partial charge < -0.3 is 10.6 Å². The molecular formula is C32H34N6O3. The molecule has 4 aromatic rings. The number of nitrogens with zero attached hydrogens (tertiary/aromatic N) is 4. The number of hydroxylamine groups is 1. The van der Waals surface area contributed by atoms with Crippen LogP contribution in [0.25, 0.3) is 11.1 Å². The highest BCUT2D eigenvalue weighted by Gasteiger charge is 2.18. The van der Waals surface area contributed by atoms with Crippen LogP contribution < -0.4 is 16.8 Å². The van der Waals surface area contributed by atoms with Crippen molar-refractivity contribution >= 4 is 24.0 Å².